The molecule has 0 spiro atoms. The second kappa shape index (κ2) is 6.08. The Labute approximate surface area is 124 Å². The van der Waals surface area contributed by atoms with Crippen LogP contribution in [0.5, 0.6) is 0 Å². The van der Waals surface area contributed by atoms with Crippen LogP contribution in [0.1, 0.15) is 41.3 Å². The van der Waals surface area contributed by atoms with E-state index in [0.717, 1.165) is 42.6 Å². The summed E-state index contributed by atoms with van der Waals surface area (Å²) in [6.07, 6.45) is 2.20. The summed E-state index contributed by atoms with van der Waals surface area (Å²) in [5.74, 6) is 0.901. The van der Waals surface area contributed by atoms with Crippen molar-refractivity contribution >= 4 is 21.8 Å². The number of nitrogens with zero attached hydrogens (tertiary/aromatic N) is 1. The summed E-state index contributed by atoms with van der Waals surface area (Å²) in [5, 5.41) is 0. The molecule has 1 amide bonds. The predicted molar refractivity (Wildman–Crippen MR) is 82.9 cm³/mol. The number of carbonyl (C=O) groups excluding carboxylic acids is 1. The van der Waals surface area contributed by atoms with Crippen molar-refractivity contribution in [3.05, 3.63) is 34.9 Å². The summed E-state index contributed by atoms with van der Waals surface area (Å²) in [6.45, 7) is 8.01. The Balaban J connectivity index is 2.10. The van der Waals surface area contributed by atoms with Gasteiger partial charge in [-0.05, 0) is 43.7 Å². The number of benzene rings is 1. The van der Waals surface area contributed by atoms with Gasteiger partial charge in [0.1, 0.15) is 0 Å². The average molecular weight is 324 g/mol. The van der Waals surface area contributed by atoms with Gasteiger partial charge in [0, 0.05) is 23.5 Å². The van der Waals surface area contributed by atoms with E-state index in [1.807, 2.05) is 36.9 Å². The van der Waals surface area contributed by atoms with Crippen molar-refractivity contribution in [1.29, 1.82) is 0 Å². The molecule has 1 fully saturated rings. The molecule has 1 unspecified atom stereocenters. The van der Waals surface area contributed by atoms with Crippen LogP contribution in [-0.4, -0.2) is 28.7 Å². The Morgan fingerprint density at radius 1 is 1.26 bits per heavy atom. The molecular formula is C16H22BrNO. The molecular weight excluding hydrogens is 302 g/mol. The lowest BCUT2D eigenvalue weighted by molar-refractivity contribution is 0.0690. The first-order valence-corrected chi connectivity index (χ1v) is 7.92. The maximum absolute atomic E-state index is 12.6. The van der Waals surface area contributed by atoms with E-state index in [9.17, 15) is 4.79 Å². The minimum Gasteiger partial charge on any atom is -0.339 e. The zero-order chi connectivity index (χ0) is 14.0. The van der Waals surface area contributed by atoms with E-state index in [1.54, 1.807) is 0 Å². The fourth-order valence-electron chi connectivity index (χ4n) is 2.87. The van der Waals surface area contributed by atoms with Crippen molar-refractivity contribution in [3.63, 3.8) is 0 Å². The van der Waals surface area contributed by atoms with Crippen molar-refractivity contribution in [1.82, 2.24) is 4.90 Å². The fourth-order valence-corrected chi connectivity index (χ4v) is 3.40. The standard InChI is InChI=1S/C16H22BrNO/c1-11-5-4-6-12(2)15(11)16(19)18-9-7-14(8-10-18)13(3)17/h4-6,13-14H,7-10H2,1-3H3. The van der Waals surface area contributed by atoms with Gasteiger partial charge in [0.05, 0.1) is 0 Å². The Morgan fingerprint density at radius 2 is 1.79 bits per heavy atom. The Kier molecular flexibility index (Phi) is 4.67. The molecule has 1 aliphatic heterocycles. The highest BCUT2D eigenvalue weighted by Crippen LogP contribution is 2.26. The molecule has 0 bridgehead atoms. The quantitative estimate of drug-likeness (QED) is 0.755. The molecule has 1 atom stereocenters. The van der Waals surface area contributed by atoms with Crippen molar-refractivity contribution in [2.24, 2.45) is 5.92 Å². The number of amides is 1. The monoisotopic (exact) mass is 323 g/mol. The molecule has 3 heteroatoms. The van der Waals surface area contributed by atoms with Gasteiger partial charge in [0.15, 0.2) is 0 Å². The molecule has 1 aliphatic rings. The number of hydrogen-bond acceptors (Lipinski definition) is 1. The highest BCUT2D eigenvalue weighted by Gasteiger charge is 2.26. The lowest BCUT2D eigenvalue weighted by atomic mass is 9.93. The smallest absolute Gasteiger partial charge is 0.254 e. The summed E-state index contributed by atoms with van der Waals surface area (Å²) in [6, 6.07) is 6.06. The number of likely N-dealkylation sites (tertiary alicyclic amines) is 1. The molecule has 1 saturated heterocycles. The van der Waals surface area contributed by atoms with Crippen molar-refractivity contribution in [3.8, 4) is 0 Å². The molecule has 0 aromatic heterocycles. The zero-order valence-electron chi connectivity index (χ0n) is 11.9. The minimum absolute atomic E-state index is 0.205. The third-order valence-electron chi connectivity index (χ3n) is 4.17. The summed E-state index contributed by atoms with van der Waals surface area (Å²) in [5.41, 5.74) is 3.06. The van der Waals surface area contributed by atoms with Crippen molar-refractivity contribution < 1.29 is 4.79 Å². The summed E-state index contributed by atoms with van der Waals surface area (Å²) in [7, 11) is 0. The lowest BCUT2D eigenvalue weighted by Crippen LogP contribution is -2.40. The summed E-state index contributed by atoms with van der Waals surface area (Å²) < 4.78 is 0. The van der Waals surface area contributed by atoms with E-state index in [0.29, 0.717) is 10.7 Å². The third kappa shape index (κ3) is 3.19. The number of rotatable bonds is 2. The van der Waals surface area contributed by atoms with Crippen LogP contribution < -0.4 is 0 Å². The van der Waals surface area contributed by atoms with E-state index in [1.165, 1.54) is 0 Å². The molecule has 1 heterocycles. The zero-order valence-corrected chi connectivity index (χ0v) is 13.5. The molecule has 0 N–H and O–H groups in total. The van der Waals surface area contributed by atoms with Gasteiger partial charge in [-0.3, -0.25) is 4.79 Å². The summed E-state index contributed by atoms with van der Waals surface area (Å²) in [4.78, 5) is 15.2. The van der Waals surface area contributed by atoms with E-state index in [-0.39, 0.29) is 5.91 Å². The van der Waals surface area contributed by atoms with Gasteiger partial charge in [-0.25, -0.2) is 0 Å². The largest absolute Gasteiger partial charge is 0.339 e. The van der Waals surface area contributed by atoms with Crippen LogP contribution in [0, 0.1) is 19.8 Å². The van der Waals surface area contributed by atoms with Gasteiger partial charge in [0.25, 0.3) is 5.91 Å². The highest BCUT2D eigenvalue weighted by molar-refractivity contribution is 9.09. The average Bonchev–Trinajstić information content (AvgIpc) is 2.38. The third-order valence-corrected chi connectivity index (χ3v) is 4.92. The predicted octanol–water partition coefficient (Wildman–Crippen LogP) is 3.94. The van der Waals surface area contributed by atoms with Gasteiger partial charge in [-0.2, -0.15) is 0 Å². The highest BCUT2D eigenvalue weighted by atomic mass is 79.9. The second-order valence-corrected chi connectivity index (χ2v) is 7.02. The molecule has 2 rings (SSSR count). The second-order valence-electron chi connectivity index (χ2n) is 5.57. The van der Waals surface area contributed by atoms with E-state index >= 15 is 0 Å². The van der Waals surface area contributed by atoms with Crippen LogP contribution in [0.25, 0.3) is 0 Å². The van der Waals surface area contributed by atoms with Gasteiger partial charge in [-0.15, -0.1) is 0 Å². The van der Waals surface area contributed by atoms with Gasteiger partial charge >= 0.3 is 0 Å². The van der Waals surface area contributed by atoms with Gasteiger partial charge < -0.3 is 4.90 Å². The van der Waals surface area contributed by atoms with Gasteiger partial charge in [-0.1, -0.05) is 41.1 Å². The maximum atomic E-state index is 12.6. The SMILES string of the molecule is Cc1cccc(C)c1C(=O)N1CCC(C(C)Br)CC1. The number of hydrogen-bond donors (Lipinski definition) is 0. The molecule has 0 saturated carbocycles. The van der Waals surface area contributed by atoms with E-state index < -0.39 is 0 Å². The first kappa shape index (κ1) is 14.6. The number of carbonyl (C=O) groups is 1. The van der Waals surface area contributed by atoms with Crippen LogP contribution in [0.2, 0.25) is 0 Å². The normalized spacial score (nSPS) is 18.4. The minimum atomic E-state index is 0.205. The number of halogens is 1. The van der Waals surface area contributed by atoms with Crippen molar-refractivity contribution in [2.75, 3.05) is 13.1 Å². The molecule has 19 heavy (non-hydrogen) atoms. The topological polar surface area (TPSA) is 20.3 Å². The van der Waals surface area contributed by atoms with Crippen LogP contribution in [0.4, 0.5) is 0 Å². The molecule has 104 valence electrons. The van der Waals surface area contributed by atoms with Crippen LogP contribution in [-0.2, 0) is 0 Å². The Morgan fingerprint density at radius 3 is 2.26 bits per heavy atom. The van der Waals surface area contributed by atoms with Crippen LogP contribution >= 0.6 is 15.9 Å². The Bertz CT molecular complexity index is 442. The molecule has 1 aromatic rings. The van der Waals surface area contributed by atoms with Crippen LogP contribution in [0.3, 0.4) is 0 Å². The van der Waals surface area contributed by atoms with E-state index in [2.05, 4.69) is 22.9 Å². The first-order valence-electron chi connectivity index (χ1n) is 7.00. The van der Waals surface area contributed by atoms with Crippen molar-refractivity contribution in [2.45, 2.75) is 38.4 Å². The number of aryl methyl sites for hydroxylation is 2. The number of piperidine rings is 1. The first-order chi connectivity index (χ1) is 9.00. The maximum Gasteiger partial charge on any atom is 0.254 e. The molecule has 0 radical (unpaired) electrons. The fraction of sp³-hybridized carbons (Fsp3) is 0.562. The molecule has 1 aromatic carbocycles. The number of alkyl halides is 1. The lowest BCUT2D eigenvalue weighted by Gasteiger charge is -2.34. The van der Waals surface area contributed by atoms with Crippen LogP contribution in [0.15, 0.2) is 18.2 Å². The Hall–Kier alpha value is -0.830. The van der Waals surface area contributed by atoms with E-state index in [4.69, 9.17) is 0 Å². The van der Waals surface area contributed by atoms with Gasteiger partial charge in [0.2, 0.25) is 0 Å². The summed E-state index contributed by atoms with van der Waals surface area (Å²) >= 11 is 3.66. The molecule has 2 nitrogen and oxygen atoms in total. The molecule has 0 aliphatic carbocycles.